The fourth-order valence-corrected chi connectivity index (χ4v) is 2.37. The van der Waals surface area contributed by atoms with Crippen molar-refractivity contribution in [3.63, 3.8) is 0 Å². The van der Waals surface area contributed by atoms with E-state index < -0.39 is 0 Å². The van der Waals surface area contributed by atoms with E-state index in [1.165, 1.54) is 11.3 Å². The molecule has 0 spiro atoms. The molecule has 0 aliphatic carbocycles. The van der Waals surface area contributed by atoms with Crippen LogP contribution in [0.1, 0.15) is 25.5 Å². The fourth-order valence-electron chi connectivity index (χ4n) is 2.37. The molecule has 0 amide bonds. The summed E-state index contributed by atoms with van der Waals surface area (Å²) < 4.78 is 5.19. The van der Waals surface area contributed by atoms with Crippen molar-refractivity contribution in [2.24, 2.45) is 0 Å². The molecule has 0 aromatic heterocycles. The average molecular weight is 284 g/mol. The molecule has 0 bridgehead atoms. The van der Waals surface area contributed by atoms with Gasteiger partial charge in [-0.25, -0.2) is 0 Å². The molecule has 0 saturated carbocycles. The number of benzene rings is 2. The molecular formula is C18H24N2O. The van der Waals surface area contributed by atoms with Crippen molar-refractivity contribution in [3.8, 4) is 5.75 Å². The van der Waals surface area contributed by atoms with Crippen LogP contribution in [0.25, 0.3) is 0 Å². The van der Waals surface area contributed by atoms with Crippen LogP contribution in [-0.4, -0.2) is 20.7 Å². The Labute approximate surface area is 127 Å². The standard InChI is InChI=1S/C18H24N2O/c1-5-19-14(2)15-6-8-16(9-7-15)20(3)17-10-12-18(21-4)13-11-17/h6-14,19H,5H2,1-4H3. The number of ether oxygens (including phenoxy) is 1. The maximum absolute atomic E-state index is 5.19. The summed E-state index contributed by atoms with van der Waals surface area (Å²) in [4.78, 5) is 2.17. The van der Waals surface area contributed by atoms with E-state index in [1.54, 1.807) is 7.11 Å². The monoisotopic (exact) mass is 284 g/mol. The zero-order chi connectivity index (χ0) is 15.2. The van der Waals surface area contributed by atoms with Gasteiger partial charge in [0, 0.05) is 24.5 Å². The van der Waals surface area contributed by atoms with Gasteiger partial charge in [-0.1, -0.05) is 19.1 Å². The largest absolute Gasteiger partial charge is 0.497 e. The zero-order valence-electron chi connectivity index (χ0n) is 13.3. The number of hydrogen-bond acceptors (Lipinski definition) is 3. The Bertz CT molecular complexity index is 548. The molecule has 2 rings (SSSR count). The van der Waals surface area contributed by atoms with Gasteiger partial charge in [0.1, 0.15) is 5.75 Å². The molecule has 0 fully saturated rings. The molecule has 3 nitrogen and oxygen atoms in total. The number of anilines is 2. The Balaban J connectivity index is 2.13. The Hall–Kier alpha value is -2.00. The van der Waals surface area contributed by atoms with E-state index in [9.17, 15) is 0 Å². The summed E-state index contributed by atoms with van der Waals surface area (Å²) in [5.41, 5.74) is 3.62. The topological polar surface area (TPSA) is 24.5 Å². The van der Waals surface area contributed by atoms with Crippen LogP contribution in [-0.2, 0) is 0 Å². The first-order chi connectivity index (χ1) is 10.2. The highest BCUT2D eigenvalue weighted by Gasteiger charge is 2.07. The first kappa shape index (κ1) is 15.4. The van der Waals surface area contributed by atoms with Gasteiger partial charge in [-0.05, 0) is 55.4 Å². The van der Waals surface area contributed by atoms with E-state index in [0.717, 1.165) is 18.0 Å². The molecule has 0 aliphatic heterocycles. The van der Waals surface area contributed by atoms with Crippen LogP contribution in [0.2, 0.25) is 0 Å². The van der Waals surface area contributed by atoms with Crippen molar-refractivity contribution in [1.82, 2.24) is 5.32 Å². The van der Waals surface area contributed by atoms with Gasteiger partial charge >= 0.3 is 0 Å². The summed E-state index contributed by atoms with van der Waals surface area (Å²) in [6.07, 6.45) is 0. The molecule has 1 unspecified atom stereocenters. The third-order valence-electron chi connectivity index (χ3n) is 3.75. The highest BCUT2D eigenvalue weighted by molar-refractivity contribution is 5.63. The quantitative estimate of drug-likeness (QED) is 0.863. The lowest BCUT2D eigenvalue weighted by Crippen LogP contribution is -2.17. The molecule has 1 atom stereocenters. The molecule has 2 aromatic rings. The number of hydrogen-bond donors (Lipinski definition) is 1. The fraction of sp³-hybridized carbons (Fsp3) is 0.333. The second kappa shape index (κ2) is 7.14. The smallest absolute Gasteiger partial charge is 0.119 e. The Kier molecular flexibility index (Phi) is 5.23. The third-order valence-corrected chi connectivity index (χ3v) is 3.75. The van der Waals surface area contributed by atoms with Crippen molar-refractivity contribution in [2.45, 2.75) is 19.9 Å². The lowest BCUT2D eigenvalue weighted by molar-refractivity contribution is 0.415. The molecule has 2 aromatic carbocycles. The summed E-state index contributed by atoms with van der Waals surface area (Å²) in [5.74, 6) is 0.877. The van der Waals surface area contributed by atoms with Gasteiger partial charge < -0.3 is 15.0 Å². The van der Waals surface area contributed by atoms with Crippen molar-refractivity contribution in [3.05, 3.63) is 54.1 Å². The molecule has 0 radical (unpaired) electrons. The summed E-state index contributed by atoms with van der Waals surface area (Å²) in [7, 11) is 3.76. The number of nitrogens with one attached hydrogen (secondary N) is 1. The van der Waals surface area contributed by atoms with E-state index in [-0.39, 0.29) is 0 Å². The van der Waals surface area contributed by atoms with Crippen LogP contribution >= 0.6 is 0 Å². The highest BCUT2D eigenvalue weighted by atomic mass is 16.5. The number of nitrogens with zero attached hydrogens (tertiary/aromatic N) is 1. The lowest BCUT2D eigenvalue weighted by atomic mass is 10.1. The minimum absolute atomic E-state index is 0.385. The van der Waals surface area contributed by atoms with E-state index in [2.05, 4.69) is 67.5 Å². The summed E-state index contributed by atoms with van der Waals surface area (Å²) in [5, 5.41) is 3.43. The summed E-state index contributed by atoms with van der Waals surface area (Å²) in [6, 6.07) is 17.2. The van der Waals surface area contributed by atoms with Gasteiger partial charge in [-0.15, -0.1) is 0 Å². The minimum atomic E-state index is 0.385. The molecule has 112 valence electrons. The summed E-state index contributed by atoms with van der Waals surface area (Å²) >= 11 is 0. The molecular weight excluding hydrogens is 260 g/mol. The first-order valence-corrected chi connectivity index (χ1v) is 7.36. The van der Waals surface area contributed by atoms with Crippen molar-refractivity contribution >= 4 is 11.4 Å². The predicted molar refractivity (Wildman–Crippen MR) is 89.6 cm³/mol. The molecule has 0 heterocycles. The van der Waals surface area contributed by atoms with Crippen molar-refractivity contribution in [1.29, 1.82) is 0 Å². The number of methoxy groups -OCH3 is 1. The van der Waals surface area contributed by atoms with Gasteiger partial charge in [0.2, 0.25) is 0 Å². The number of rotatable bonds is 6. The van der Waals surface area contributed by atoms with Gasteiger partial charge in [0.25, 0.3) is 0 Å². The molecule has 1 N–H and O–H groups in total. The lowest BCUT2D eigenvalue weighted by Gasteiger charge is -2.21. The van der Waals surface area contributed by atoms with Gasteiger partial charge in [-0.2, -0.15) is 0 Å². The molecule has 21 heavy (non-hydrogen) atoms. The van der Waals surface area contributed by atoms with Gasteiger partial charge in [0.05, 0.1) is 7.11 Å². The van der Waals surface area contributed by atoms with Crippen LogP contribution in [0.4, 0.5) is 11.4 Å². The van der Waals surface area contributed by atoms with Crippen LogP contribution < -0.4 is 15.0 Å². The van der Waals surface area contributed by atoms with Crippen molar-refractivity contribution in [2.75, 3.05) is 25.6 Å². The molecule has 3 heteroatoms. The maximum Gasteiger partial charge on any atom is 0.119 e. The first-order valence-electron chi connectivity index (χ1n) is 7.36. The van der Waals surface area contributed by atoms with Crippen LogP contribution in [0.15, 0.2) is 48.5 Å². The normalized spacial score (nSPS) is 12.0. The third kappa shape index (κ3) is 3.76. The maximum atomic E-state index is 5.19. The zero-order valence-corrected chi connectivity index (χ0v) is 13.3. The average Bonchev–Trinajstić information content (AvgIpc) is 2.54. The SMILES string of the molecule is CCNC(C)c1ccc(N(C)c2ccc(OC)cc2)cc1. The summed E-state index contributed by atoms with van der Waals surface area (Å²) in [6.45, 7) is 5.29. The van der Waals surface area contributed by atoms with Gasteiger partial charge in [-0.3, -0.25) is 0 Å². The van der Waals surface area contributed by atoms with Crippen LogP contribution in [0.3, 0.4) is 0 Å². The second-order valence-electron chi connectivity index (χ2n) is 5.13. The second-order valence-corrected chi connectivity index (χ2v) is 5.13. The minimum Gasteiger partial charge on any atom is -0.497 e. The molecule has 0 aliphatic rings. The van der Waals surface area contributed by atoms with Gasteiger partial charge in [0.15, 0.2) is 0 Å². The van der Waals surface area contributed by atoms with E-state index in [0.29, 0.717) is 6.04 Å². The predicted octanol–water partition coefficient (Wildman–Crippen LogP) is 4.13. The molecule has 0 saturated heterocycles. The van der Waals surface area contributed by atoms with Crippen LogP contribution in [0, 0.1) is 0 Å². The van der Waals surface area contributed by atoms with Crippen molar-refractivity contribution < 1.29 is 4.74 Å². The Morgan fingerprint density at radius 3 is 2.00 bits per heavy atom. The van der Waals surface area contributed by atoms with E-state index in [4.69, 9.17) is 4.74 Å². The van der Waals surface area contributed by atoms with Crippen LogP contribution in [0.5, 0.6) is 5.75 Å². The Morgan fingerprint density at radius 2 is 1.52 bits per heavy atom. The van der Waals surface area contributed by atoms with E-state index in [1.807, 2.05) is 12.1 Å². The Morgan fingerprint density at radius 1 is 1.00 bits per heavy atom. The van der Waals surface area contributed by atoms with E-state index >= 15 is 0 Å². The highest BCUT2D eigenvalue weighted by Crippen LogP contribution is 2.26.